The number of H-pyrrole nitrogens is 1. The van der Waals surface area contributed by atoms with E-state index in [-0.39, 0.29) is 30.4 Å². The molecule has 1 aromatic carbocycles. The van der Waals surface area contributed by atoms with Gasteiger partial charge < -0.3 is 15.4 Å². The van der Waals surface area contributed by atoms with Crippen LogP contribution in [0.25, 0.3) is 10.9 Å². The van der Waals surface area contributed by atoms with Crippen molar-refractivity contribution >= 4 is 28.7 Å². The molecule has 9 nitrogen and oxygen atoms in total. The smallest absolute Gasteiger partial charge is 0.407 e. The normalized spacial score (nSPS) is 18.3. The van der Waals surface area contributed by atoms with Crippen LogP contribution in [0.2, 0.25) is 0 Å². The van der Waals surface area contributed by atoms with Crippen molar-refractivity contribution in [2.45, 2.75) is 51.0 Å². The van der Waals surface area contributed by atoms with E-state index in [0.717, 1.165) is 47.8 Å². The molecule has 0 unspecified atom stereocenters. The van der Waals surface area contributed by atoms with Gasteiger partial charge in [0.15, 0.2) is 5.82 Å². The van der Waals surface area contributed by atoms with Crippen LogP contribution in [0.5, 0.6) is 0 Å². The Balaban J connectivity index is 1.29. The van der Waals surface area contributed by atoms with Gasteiger partial charge in [-0.15, -0.1) is 0 Å². The SMILES string of the molecule is CCCNC(=O)O[C@@H]1CC[C@H](c2cc(NC(=O)Cc3ccc4c(cnn4C)c3)n[nH]2)C1. The van der Waals surface area contributed by atoms with Gasteiger partial charge >= 0.3 is 6.09 Å². The number of aromatic nitrogens is 4. The topological polar surface area (TPSA) is 114 Å². The third-order valence-electron chi connectivity index (χ3n) is 5.66. The molecule has 1 fully saturated rings. The third-order valence-corrected chi connectivity index (χ3v) is 5.66. The van der Waals surface area contributed by atoms with Crippen molar-refractivity contribution in [2.75, 3.05) is 11.9 Å². The summed E-state index contributed by atoms with van der Waals surface area (Å²) in [6, 6.07) is 7.76. The molecule has 0 radical (unpaired) electrons. The lowest BCUT2D eigenvalue weighted by Gasteiger charge is -2.12. The van der Waals surface area contributed by atoms with Crippen molar-refractivity contribution in [3.05, 3.63) is 41.7 Å². The zero-order chi connectivity index (χ0) is 21.8. The number of aromatic amines is 1. The van der Waals surface area contributed by atoms with Crippen molar-refractivity contribution in [3.8, 4) is 0 Å². The summed E-state index contributed by atoms with van der Waals surface area (Å²) in [5, 5.41) is 18.1. The van der Waals surface area contributed by atoms with Crippen molar-refractivity contribution in [1.82, 2.24) is 25.3 Å². The van der Waals surface area contributed by atoms with Crippen LogP contribution in [0.3, 0.4) is 0 Å². The number of nitrogens with one attached hydrogen (secondary N) is 3. The first-order valence-electron chi connectivity index (χ1n) is 10.7. The number of hydrogen-bond donors (Lipinski definition) is 3. The first-order chi connectivity index (χ1) is 15.0. The quantitative estimate of drug-likeness (QED) is 0.539. The van der Waals surface area contributed by atoms with Crippen molar-refractivity contribution in [3.63, 3.8) is 0 Å². The molecule has 31 heavy (non-hydrogen) atoms. The van der Waals surface area contributed by atoms with E-state index in [1.54, 1.807) is 10.9 Å². The Bertz CT molecular complexity index is 1070. The molecule has 164 valence electrons. The molecular weight excluding hydrogens is 396 g/mol. The standard InChI is InChI=1S/C22H28N6O3/c1-3-8-23-22(30)31-17-6-5-15(11-17)18-12-20(27-26-18)25-21(29)10-14-4-7-19-16(9-14)13-24-28(19)2/h4,7,9,12-13,15,17H,3,5-6,8,10-11H2,1-2H3,(H,23,30)(H2,25,26,27,29)/t15-,17+/m0/s1. The average Bonchev–Trinajstić information content (AvgIpc) is 3.47. The summed E-state index contributed by atoms with van der Waals surface area (Å²) in [6.07, 6.45) is 4.97. The predicted molar refractivity (Wildman–Crippen MR) is 117 cm³/mol. The van der Waals surface area contributed by atoms with Gasteiger partial charge in [-0.3, -0.25) is 14.6 Å². The fourth-order valence-electron chi connectivity index (χ4n) is 4.06. The van der Waals surface area contributed by atoms with Gasteiger partial charge in [0.1, 0.15) is 6.10 Å². The molecule has 2 aromatic heterocycles. The minimum Gasteiger partial charge on any atom is -0.446 e. The van der Waals surface area contributed by atoms with E-state index in [0.29, 0.717) is 12.4 Å². The van der Waals surface area contributed by atoms with Crippen molar-refractivity contribution in [1.29, 1.82) is 0 Å². The number of aryl methyl sites for hydroxylation is 1. The second-order valence-electron chi connectivity index (χ2n) is 8.06. The Kier molecular flexibility index (Phi) is 6.20. The summed E-state index contributed by atoms with van der Waals surface area (Å²) in [5.74, 6) is 0.615. The van der Waals surface area contributed by atoms with Crippen LogP contribution in [0.4, 0.5) is 10.6 Å². The lowest BCUT2D eigenvalue weighted by molar-refractivity contribution is -0.115. The van der Waals surface area contributed by atoms with E-state index in [1.807, 2.05) is 38.2 Å². The molecule has 1 aliphatic carbocycles. The van der Waals surface area contributed by atoms with Gasteiger partial charge in [0.2, 0.25) is 5.91 Å². The molecule has 3 N–H and O–H groups in total. The molecule has 0 bridgehead atoms. The van der Waals surface area contributed by atoms with Crippen LogP contribution in [-0.4, -0.2) is 44.6 Å². The molecule has 9 heteroatoms. The van der Waals surface area contributed by atoms with Crippen LogP contribution in [0, 0.1) is 0 Å². The fraction of sp³-hybridized carbons (Fsp3) is 0.455. The van der Waals surface area contributed by atoms with Crippen LogP contribution in [0.1, 0.15) is 49.8 Å². The van der Waals surface area contributed by atoms with Crippen LogP contribution >= 0.6 is 0 Å². The monoisotopic (exact) mass is 424 g/mol. The highest BCUT2D eigenvalue weighted by molar-refractivity contribution is 5.92. The Morgan fingerprint density at radius 3 is 3.00 bits per heavy atom. The van der Waals surface area contributed by atoms with Gasteiger partial charge in [0, 0.05) is 36.7 Å². The van der Waals surface area contributed by atoms with Crippen molar-refractivity contribution < 1.29 is 14.3 Å². The van der Waals surface area contributed by atoms with E-state index in [1.165, 1.54) is 0 Å². The summed E-state index contributed by atoms with van der Waals surface area (Å²) in [6.45, 7) is 2.62. The van der Waals surface area contributed by atoms with Crippen molar-refractivity contribution in [2.24, 2.45) is 7.05 Å². The lowest BCUT2D eigenvalue weighted by atomic mass is 10.0. The number of fused-ring (bicyclic) bond motifs is 1. The third kappa shape index (κ3) is 5.04. The number of amides is 2. The molecular formula is C22H28N6O3. The highest BCUT2D eigenvalue weighted by Crippen LogP contribution is 2.35. The first kappa shape index (κ1) is 20.9. The number of carbonyl (C=O) groups excluding carboxylic acids is 2. The predicted octanol–water partition coefficient (Wildman–Crippen LogP) is 3.25. The molecule has 1 saturated carbocycles. The van der Waals surface area contributed by atoms with E-state index in [2.05, 4.69) is 25.9 Å². The number of hydrogen-bond acceptors (Lipinski definition) is 5. The molecule has 0 spiro atoms. The highest BCUT2D eigenvalue weighted by Gasteiger charge is 2.30. The van der Waals surface area contributed by atoms with Crippen LogP contribution < -0.4 is 10.6 Å². The van der Waals surface area contributed by atoms with Crippen LogP contribution in [-0.2, 0) is 23.0 Å². The highest BCUT2D eigenvalue weighted by atomic mass is 16.6. The van der Waals surface area contributed by atoms with E-state index < -0.39 is 0 Å². The number of carbonyl (C=O) groups is 2. The number of anilines is 1. The maximum absolute atomic E-state index is 12.5. The van der Waals surface area contributed by atoms with Gasteiger partial charge in [-0.25, -0.2) is 4.79 Å². The molecule has 3 aromatic rings. The lowest BCUT2D eigenvalue weighted by Crippen LogP contribution is -2.28. The molecule has 2 atom stereocenters. The first-order valence-corrected chi connectivity index (χ1v) is 10.7. The second kappa shape index (κ2) is 9.20. The Labute approximate surface area is 180 Å². The zero-order valence-corrected chi connectivity index (χ0v) is 17.9. The summed E-state index contributed by atoms with van der Waals surface area (Å²) < 4.78 is 7.28. The molecule has 2 amide bonds. The molecule has 0 aliphatic heterocycles. The van der Waals surface area contributed by atoms with E-state index in [4.69, 9.17) is 4.74 Å². The average molecular weight is 425 g/mol. The number of rotatable bonds is 7. The minimum absolute atomic E-state index is 0.0920. The second-order valence-corrected chi connectivity index (χ2v) is 8.06. The van der Waals surface area contributed by atoms with Gasteiger partial charge in [0.05, 0.1) is 18.1 Å². The summed E-state index contributed by atoms with van der Waals surface area (Å²) in [5.41, 5.74) is 2.90. The van der Waals surface area contributed by atoms with Gasteiger partial charge in [0.25, 0.3) is 0 Å². The Hall–Kier alpha value is -3.36. The summed E-state index contributed by atoms with van der Waals surface area (Å²) in [7, 11) is 1.89. The Morgan fingerprint density at radius 1 is 1.29 bits per heavy atom. The number of nitrogens with zero attached hydrogens (tertiary/aromatic N) is 3. The number of ether oxygens (including phenoxy) is 1. The van der Waals surface area contributed by atoms with Gasteiger partial charge in [-0.1, -0.05) is 13.0 Å². The Morgan fingerprint density at radius 2 is 2.16 bits per heavy atom. The van der Waals surface area contributed by atoms with Gasteiger partial charge in [-0.2, -0.15) is 10.2 Å². The van der Waals surface area contributed by atoms with E-state index >= 15 is 0 Å². The molecule has 0 saturated heterocycles. The van der Waals surface area contributed by atoms with Crippen LogP contribution in [0.15, 0.2) is 30.5 Å². The zero-order valence-electron chi connectivity index (χ0n) is 17.9. The minimum atomic E-state index is -0.352. The van der Waals surface area contributed by atoms with Gasteiger partial charge in [-0.05, 0) is 43.4 Å². The summed E-state index contributed by atoms with van der Waals surface area (Å²) in [4.78, 5) is 24.2. The maximum Gasteiger partial charge on any atom is 0.407 e. The summed E-state index contributed by atoms with van der Waals surface area (Å²) >= 11 is 0. The molecule has 1 aliphatic rings. The fourth-order valence-corrected chi connectivity index (χ4v) is 4.06. The number of alkyl carbamates (subject to hydrolysis) is 1. The number of benzene rings is 1. The maximum atomic E-state index is 12.5. The van der Waals surface area contributed by atoms with E-state index in [9.17, 15) is 9.59 Å². The largest absolute Gasteiger partial charge is 0.446 e. The molecule has 4 rings (SSSR count). The molecule has 2 heterocycles.